The molecule has 3 rings (SSSR count). The predicted molar refractivity (Wildman–Crippen MR) is 224 cm³/mol. The Labute approximate surface area is 352 Å². The molecule has 0 aromatic heterocycles. The van der Waals surface area contributed by atoms with Gasteiger partial charge in [-0.15, -0.1) is 11.6 Å². The Kier molecular flexibility index (Phi) is 23.3. The second-order valence-corrected chi connectivity index (χ2v) is 17.2. The second kappa shape index (κ2) is 25.8. The van der Waals surface area contributed by atoms with Crippen LogP contribution in [0.4, 0.5) is 0 Å². The van der Waals surface area contributed by atoms with Crippen LogP contribution < -0.4 is 4.74 Å². The third-order valence-corrected chi connectivity index (χ3v) is 11.2. The van der Waals surface area contributed by atoms with Gasteiger partial charge in [0, 0.05) is 12.0 Å². The quantitative estimate of drug-likeness (QED) is 0.0430. The fourth-order valence-corrected chi connectivity index (χ4v) is 5.08. The first-order valence-corrected chi connectivity index (χ1v) is 21.1. The summed E-state index contributed by atoms with van der Waals surface area (Å²) in [4.78, 5) is 58.3. The van der Waals surface area contributed by atoms with Crippen molar-refractivity contribution in [1.29, 1.82) is 0 Å². The number of benzene rings is 1. The molecule has 12 nitrogen and oxygen atoms in total. The van der Waals surface area contributed by atoms with Crippen LogP contribution in [0.5, 0.6) is 5.75 Å². The first kappa shape index (κ1) is 52.4. The largest absolute Gasteiger partial charge is 0.497 e. The molecule has 1 aliphatic carbocycles. The van der Waals surface area contributed by atoms with E-state index >= 15 is 0 Å². The van der Waals surface area contributed by atoms with Gasteiger partial charge >= 0.3 is 29.8 Å². The van der Waals surface area contributed by atoms with Gasteiger partial charge in [-0.1, -0.05) is 39.8 Å². The van der Waals surface area contributed by atoms with E-state index in [-0.39, 0.29) is 78.4 Å². The summed E-state index contributed by atoms with van der Waals surface area (Å²) in [7, 11) is 1.61. The van der Waals surface area contributed by atoms with Crippen molar-refractivity contribution < 1.29 is 57.1 Å². The maximum Gasteiger partial charge on any atom is 0.331 e. The number of rotatable bonds is 19. The zero-order valence-corrected chi connectivity index (χ0v) is 37.8. The fourth-order valence-electron chi connectivity index (χ4n) is 4.92. The molecule has 330 valence electrons. The lowest BCUT2D eigenvalue weighted by Crippen LogP contribution is -2.47. The van der Waals surface area contributed by atoms with Gasteiger partial charge in [0.05, 0.1) is 48.4 Å². The Bertz CT molecular complexity index is 1430. The molecule has 0 N–H and O–H groups in total. The van der Waals surface area contributed by atoms with E-state index in [2.05, 4.69) is 6.92 Å². The minimum Gasteiger partial charge on any atom is -0.497 e. The third kappa shape index (κ3) is 19.0. The van der Waals surface area contributed by atoms with Gasteiger partial charge in [-0.2, -0.15) is 0 Å². The van der Waals surface area contributed by atoms with E-state index in [1.54, 1.807) is 13.2 Å². The van der Waals surface area contributed by atoms with E-state index in [4.69, 9.17) is 44.8 Å². The molecule has 1 aliphatic heterocycles. The molecule has 1 aromatic carbocycles. The van der Waals surface area contributed by atoms with E-state index in [9.17, 15) is 24.0 Å². The molecule has 58 heavy (non-hydrogen) atoms. The van der Waals surface area contributed by atoms with Gasteiger partial charge in [0.15, 0.2) is 0 Å². The molecule has 2 aliphatic rings. The van der Waals surface area contributed by atoms with Crippen LogP contribution in [-0.2, 0) is 52.4 Å². The minimum atomic E-state index is -0.486. The number of halogens is 1. The molecule has 0 spiro atoms. The van der Waals surface area contributed by atoms with Crippen molar-refractivity contribution in [2.75, 3.05) is 46.0 Å². The summed E-state index contributed by atoms with van der Waals surface area (Å²) < 4.78 is 36.6. The lowest BCUT2D eigenvalue weighted by atomic mass is 9.84. The Morgan fingerprint density at radius 2 is 1.21 bits per heavy atom. The van der Waals surface area contributed by atoms with Crippen LogP contribution in [0.1, 0.15) is 133 Å². The third-order valence-electron chi connectivity index (χ3n) is 11.0. The Morgan fingerprint density at radius 3 is 1.66 bits per heavy atom. The van der Waals surface area contributed by atoms with Crippen molar-refractivity contribution in [3.63, 3.8) is 0 Å². The number of hydrogen-bond acceptors (Lipinski definition) is 12. The van der Waals surface area contributed by atoms with Gasteiger partial charge in [0.2, 0.25) is 0 Å². The molecule has 0 amide bonds. The number of esters is 5. The van der Waals surface area contributed by atoms with Gasteiger partial charge in [-0.05, 0) is 117 Å². The number of carbonyl (C=O) groups is 5. The maximum absolute atomic E-state index is 12.2. The summed E-state index contributed by atoms with van der Waals surface area (Å²) in [5.41, 5.74) is -0.295. The van der Waals surface area contributed by atoms with Gasteiger partial charge in [0.1, 0.15) is 37.8 Å². The lowest BCUT2D eigenvalue weighted by Gasteiger charge is -2.40. The molecule has 13 heteroatoms. The highest BCUT2D eigenvalue weighted by Crippen LogP contribution is 2.33. The molecule has 0 atom stereocenters. The van der Waals surface area contributed by atoms with Crippen molar-refractivity contribution in [1.82, 2.24) is 0 Å². The molecule has 2 fully saturated rings. The summed E-state index contributed by atoms with van der Waals surface area (Å²) in [5.74, 6) is -0.226. The van der Waals surface area contributed by atoms with Crippen LogP contribution in [0.25, 0.3) is 6.08 Å². The van der Waals surface area contributed by atoms with Crippen molar-refractivity contribution >= 4 is 47.5 Å². The Balaban J connectivity index is 0.000000467. The van der Waals surface area contributed by atoms with E-state index in [1.807, 2.05) is 86.6 Å². The molecular formula is C45H71ClO12. The normalized spacial score (nSPS) is 17.5. The second-order valence-electron chi connectivity index (χ2n) is 16.8. The minimum absolute atomic E-state index is 0.0758. The predicted octanol–water partition coefficient (Wildman–Crippen LogP) is 9.07. The first-order chi connectivity index (χ1) is 27.2. The summed E-state index contributed by atoms with van der Waals surface area (Å²) in [5, 5.41) is 0. The van der Waals surface area contributed by atoms with E-state index in [1.165, 1.54) is 6.08 Å². The lowest BCUT2D eigenvalue weighted by molar-refractivity contribution is -0.178. The Hall–Kier alpha value is -3.64. The zero-order valence-electron chi connectivity index (χ0n) is 37.0. The van der Waals surface area contributed by atoms with Crippen molar-refractivity contribution in [3.05, 3.63) is 35.9 Å². The van der Waals surface area contributed by atoms with Crippen LogP contribution in [0.15, 0.2) is 30.3 Å². The van der Waals surface area contributed by atoms with Gasteiger partial charge in [-0.25, -0.2) is 4.79 Å². The average Bonchev–Trinajstić information content (AvgIpc) is 3.19. The highest BCUT2D eigenvalue weighted by atomic mass is 35.5. The van der Waals surface area contributed by atoms with Crippen molar-refractivity contribution in [2.24, 2.45) is 21.7 Å². The standard InChI is InChI=1S/C22H30O5.C12H22O3.C11H19ClO4/c1-5-22(2,3)21(24)27-19-13-11-18(12-14-19)26-20(23)15-8-16-6-9-17(25-4)10-7-16;1-5-11(3,4)10(13)15-9-12(6-2)7-14-8-12;1-4-11(2,3)10(14)16-8-7-15-9(13)5-6-12/h6-10,15,18-19H,5,11-14H2,1-4H3;5-9H2,1-4H3;4-8H2,1-3H3/b15-8+;;. The Morgan fingerprint density at radius 1 is 0.724 bits per heavy atom. The van der Waals surface area contributed by atoms with Crippen LogP contribution in [0, 0.1) is 21.7 Å². The summed E-state index contributed by atoms with van der Waals surface area (Å²) in [6.45, 7) is 21.4. The first-order valence-electron chi connectivity index (χ1n) is 20.6. The molecular weight excluding hydrogens is 768 g/mol. The smallest absolute Gasteiger partial charge is 0.331 e. The molecule has 1 heterocycles. The molecule has 1 aromatic rings. The number of hydrogen-bond donors (Lipinski definition) is 0. The van der Waals surface area contributed by atoms with E-state index in [0.29, 0.717) is 25.9 Å². The number of methoxy groups -OCH3 is 1. The summed E-state index contributed by atoms with van der Waals surface area (Å²) in [6.07, 6.45) is 9.30. The molecule has 1 saturated heterocycles. The van der Waals surface area contributed by atoms with Crippen molar-refractivity contribution in [3.8, 4) is 5.75 Å². The number of ether oxygens (including phenoxy) is 7. The van der Waals surface area contributed by atoms with Crippen LogP contribution in [0.3, 0.4) is 0 Å². The van der Waals surface area contributed by atoms with Gasteiger partial charge in [-0.3, -0.25) is 19.2 Å². The zero-order chi connectivity index (χ0) is 44.0. The SMILES string of the molecule is CCC(C)(C)C(=O)OC1CCC(OC(=O)/C=C/c2ccc(OC)cc2)CC1.CCC(C)(C)C(=O)OCCOC(=O)CCCl.CCC1(COC(=O)C(C)(C)CC)COC1. The molecule has 0 bridgehead atoms. The van der Waals surface area contributed by atoms with Gasteiger partial charge in [0.25, 0.3) is 0 Å². The van der Waals surface area contributed by atoms with E-state index in [0.717, 1.165) is 56.6 Å². The van der Waals surface area contributed by atoms with Crippen LogP contribution in [-0.4, -0.2) is 88.1 Å². The monoisotopic (exact) mass is 838 g/mol. The summed E-state index contributed by atoms with van der Waals surface area (Å²) >= 11 is 5.35. The highest BCUT2D eigenvalue weighted by Gasteiger charge is 2.39. The number of carbonyl (C=O) groups excluding carboxylic acids is 5. The summed E-state index contributed by atoms with van der Waals surface area (Å²) in [6, 6.07) is 7.43. The maximum atomic E-state index is 12.2. The van der Waals surface area contributed by atoms with Crippen molar-refractivity contribution in [2.45, 2.75) is 139 Å². The van der Waals surface area contributed by atoms with Crippen LogP contribution in [0.2, 0.25) is 0 Å². The van der Waals surface area contributed by atoms with Crippen LogP contribution >= 0.6 is 11.6 Å². The topological polar surface area (TPSA) is 150 Å². The van der Waals surface area contributed by atoms with E-state index < -0.39 is 10.8 Å². The number of alkyl halides is 1. The fraction of sp³-hybridized carbons (Fsp3) is 0.711. The van der Waals surface area contributed by atoms with Gasteiger partial charge < -0.3 is 33.2 Å². The molecule has 1 saturated carbocycles. The average molecular weight is 840 g/mol. The molecule has 0 unspecified atom stereocenters. The highest BCUT2D eigenvalue weighted by molar-refractivity contribution is 6.18. The molecule has 0 radical (unpaired) electrons.